The molecule has 4 rings (SSSR count). The van der Waals surface area contributed by atoms with Crippen LogP contribution in [0.1, 0.15) is 58.2 Å². The van der Waals surface area contributed by atoms with Crippen molar-refractivity contribution in [3.63, 3.8) is 0 Å². The van der Waals surface area contributed by atoms with Gasteiger partial charge in [0.25, 0.3) is 0 Å². The first-order valence-corrected chi connectivity index (χ1v) is 17.8. The second kappa shape index (κ2) is 15.6. The Balaban J connectivity index is 1.73. The Labute approximate surface area is 259 Å². The van der Waals surface area contributed by atoms with Crippen molar-refractivity contribution in [2.45, 2.75) is 115 Å². The van der Waals surface area contributed by atoms with Crippen molar-refractivity contribution < 1.29 is 28.8 Å². The van der Waals surface area contributed by atoms with Crippen LogP contribution in [-0.4, -0.2) is 55.2 Å². The van der Waals surface area contributed by atoms with E-state index in [0.717, 1.165) is 16.7 Å². The van der Waals surface area contributed by atoms with Crippen molar-refractivity contribution >= 4 is 8.32 Å². The highest BCUT2D eigenvalue weighted by atomic mass is 28.4. The molecule has 0 radical (unpaired) electrons. The Hall–Kier alpha value is -2.36. The Bertz CT molecular complexity index is 1180. The third kappa shape index (κ3) is 8.03. The zero-order valence-corrected chi connectivity index (χ0v) is 27.5. The van der Waals surface area contributed by atoms with E-state index in [-0.39, 0.29) is 23.2 Å². The smallest absolute Gasteiger partial charge is 0.201 e. The van der Waals surface area contributed by atoms with Crippen LogP contribution in [0.15, 0.2) is 91.0 Å². The minimum absolute atomic E-state index is 0.264. The fourth-order valence-electron chi connectivity index (χ4n) is 6.80. The third-order valence-corrected chi connectivity index (χ3v) is 15.0. The van der Waals surface area contributed by atoms with Crippen LogP contribution >= 0.6 is 0 Å². The minimum atomic E-state index is -2.49. The molecule has 234 valence electrons. The summed E-state index contributed by atoms with van der Waals surface area (Å²) >= 11 is 0. The first-order valence-electron chi connectivity index (χ1n) is 15.7. The van der Waals surface area contributed by atoms with Gasteiger partial charge in [0.15, 0.2) is 0 Å². The summed E-state index contributed by atoms with van der Waals surface area (Å²) in [4.78, 5) is 0. The molecule has 1 aliphatic rings. The summed E-state index contributed by atoms with van der Waals surface area (Å²) in [6.07, 6.45) is -5.48. The van der Waals surface area contributed by atoms with Gasteiger partial charge in [0.05, 0.1) is 19.8 Å². The van der Waals surface area contributed by atoms with Crippen molar-refractivity contribution in [1.82, 2.24) is 0 Å². The fraction of sp³-hybridized carbons (Fsp3) is 0.500. The summed E-state index contributed by atoms with van der Waals surface area (Å²) in [6, 6.07) is 29.7. The number of hydrogen-bond acceptors (Lipinski definition) is 6. The van der Waals surface area contributed by atoms with Crippen LogP contribution < -0.4 is 0 Å². The maximum absolute atomic E-state index is 11.8. The highest BCUT2D eigenvalue weighted by Gasteiger charge is 2.57. The van der Waals surface area contributed by atoms with Crippen molar-refractivity contribution in [1.29, 1.82) is 0 Å². The molecule has 2 N–H and O–H groups in total. The van der Waals surface area contributed by atoms with Gasteiger partial charge in [-0.15, -0.1) is 0 Å². The Kier molecular flexibility index (Phi) is 12.1. The normalized spacial score (nSPS) is 24.6. The minimum Gasteiger partial charge on any atom is -0.408 e. The van der Waals surface area contributed by atoms with Crippen molar-refractivity contribution in [2.75, 3.05) is 0 Å². The first kappa shape index (κ1) is 33.5. The van der Waals surface area contributed by atoms with Crippen molar-refractivity contribution in [2.24, 2.45) is 0 Å². The van der Waals surface area contributed by atoms with Gasteiger partial charge in [-0.05, 0) is 33.3 Å². The molecule has 7 heteroatoms. The molecule has 0 heterocycles. The van der Waals surface area contributed by atoms with E-state index in [1.54, 1.807) is 0 Å². The quantitative estimate of drug-likeness (QED) is 0.192. The van der Waals surface area contributed by atoms with Crippen LogP contribution in [0.3, 0.4) is 0 Å². The lowest BCUT2D eigenvalue weighted by atomic mass is 9.84. The van der Waals surface area contributed by atoms with E-state index in [9.17, 15) is 10.2 Å². The lowest BCUT2D eigenvalue weighted by Crippen LogP contribution is -2.68. The molecule has 3 aromatic rings. The van der Waals surface area contributed by atoms with Gasteiger partial charge in [0.1, 0.15) is 36.6 Å². The number of aliphatic hydroxyl groups is 2. The summed E-state index contributed by atoms with van der Waals surface area (Å²) in [7, 11) is -2.49. The molecule has 0 aromatic heterocycles. The third-order valence-electron chi connectivity index (χ3n) is 8.90. The summed E-state index contributed by atoms with van der Waals surface area (Å²) in [6.45, 7) is 14.2. The molecular weight excluding hydrogens is 556 g/mol. The molecule has 0 unspecified atom stereocenters. The van der Waals surface area contributed by atoms with E-state index >= 15 is 0 Å². The maximum atomic E-state index is 11.8. The summed E-state index contributed by atoms with van der Waals surface area (Å²) in [5.41, 5.74) is 3.81. The number of rotatable bonds is 14. The van der Waals surface area contributed by atoms with Crippen LogP contribution in [0.2, 0.25) is 16.6 Å². The topological polar surface area (TPSA) is 77.4 Å². The molecule has 1 saturated carbocycles. The van der Waals surface area contributed by atoms with Crippen LogP contribution in [-0.2, 0) is 38.5 Å². The summed E-state index contributed by atoms with van der Waals surface area (Å²) in [5.74, 6) is 0. The molecule has 0 saturated heterocycles. The molecule has 6 nitrogen and oxygen atoms in total. The van der Waals surface area contributed by atoms with Crippen LogP contribution in [0.4, 0.5) is 0 Å². The van der Waals surface area contributed by atoms with Crippen molar-refractivity contribution in [3.05, 3.63) is 108 Å². The van der Waals surface area contributed by atoms with Gasteiger partial charge in [-0.25, -0.2) is 0 Å². The first-order chi connectivity index (χ1) is 20.6. The molecule has 1 fully saturated rings. The van der Waals surface area contributed by atoms with E-state index in [1.165, 1.54) is 0 Å². The van der Waals surface area contributed by atoms with E-state index < -0.39 is 44.9 Å². The number of hydrogen-bond donors (Lipinski definition) is 2. The second-order valence-corrected chi connectivity index (χ2v) is 18.1. The van der Waals surface area contributed by atoms with Gasteiger partial charge >= 0.3 is 0 Å². The van der Waals surface area contributed by atoms with Gasteiger partial charge in [0.2, 0.25) is 8.32 Å². The van der Waals surface area contributed by atoms with Crippen LogP contribution in [0.5, 0.6) is 0 Å². The van der Waals surface area contributed by atoms with Crippen LogP contribution in [0.25, 0.3) is 0 Å². The Morgan fingerprint density at radius 1 is 0.488 bits per heavy atom. The van der Waals surface area contributed by atoms with Gasteiger partial charge in [-0.2, -0.15) is 0 Å². The average Bonchev–Trinajstić information content (AvgIpc) is 3.00. The molecule has 0 aliphatic heterocycles. The van der Waals surface area contributed by atoms with E-state index in [0.29, 0.717) is 13.2 Å². The van der Waals surface area contributed by atoms with Gasteiger partial charge in [0, 0.05) is 0 Å². The lowest BCUT2D eigenvalue weighted by molar-refractivity contribution is -0.260. The second-order valence-electron chi connectivity index (χ2n) is 12.7. The molecule has 3 aromatic carbocycles. The highest BCUT2D eigenvalue weighted by molar-refractivity contribution is 6.77. The molecule has 6 atom stereocenters. The van der Waals surface area contributed by atoms with E-state index in [2.05, 4.69) is 41.5 Å². The predicted molar refractivity (Wildman–Crippen MR) is 173 cm³/mol. The van der Waals surface area contributed by atoms with E-state index in [1.807, 2.05) is 91.0 Å². The molecule has 43 heavy (non-hydrogen) atoms. The highest BCUT2D eigenvalue weighted by Crippen LogP contribution is 2.45. The van der Waals surface area contributed by atoms with Crippen molar-refractivity contribution in [3.8, 4) is 0 Å². The van der Waals surface area contributed by atoms with Gasteiger partial charge in [-0.1, -0.05) is 133 Å². The van der Waals surface area contributed by atoms with Gasteiger partial charge in [-0.3, -0.25) is 0 Å². The maximum Gasteiger partial charge on any atom is 0.201 e. The number of ether oxygens (including phenoxy) is 3. The van der Waals surface area contributed by atoms with Gasteiger partial charge < -0.3 is 28.8 Å². The molecule has 0 amide bonds. The molecule has 0 bridgehead atoms. The fourth-order valence-corrected chi connectivity index (χ4v) is 12.4. The SMILES string of the molecule is CC(C)[Si](O[C@H]1[C@@H](O)[C@@H](O)[C@H](OCc2ccccc2)[C@@H](OCc2ccccc2)[C@@H]1OCc1ccccc1)(C(C)C)C(C)C. The number of benzene rings is 3. The molecular formula is C36H50O6Si. The zero-order chi connectivity index (χ0) is 31.0. The zero-order valence-electron chi connectivity index (χ0n) is 26.5. The van der Waals surface area contributed by atoms with Crippen LogP contribution in [0, 0.1) is 0 Å². The monoisotopic (exact) mass is 606 g/mol. The largest absolute Gasteiger partial charge is 0.408 e. The lowest BCUT2D eigenvalue weighted by Gasteiger charge is -2.52. The van der Waals surface area contributed by atoms with E-state index in [4.69, 9.17) is 18.6 Å². The number of aliphatic hydroxyl groups excluding tert-OH is 2. The average molecular weight is 607 g/mol. The summed E-state index contributed by atoms with van der Waals surface area (Å²) in [5, 5.41) is 23.5. The Morgan fingerprint density at radius 3 is 1.14 bits per heavy atom. The molecule has 0 spiro atoms. The standard InChI is InChI=1S/C36H50O6Si/c1-25(2)43(26(3)4,27(5)6)42-34-32(38)31(37)33(39-22-28-16-10-7-11-17-28)35(40-23-29-18-12-8-13-19-29)36(34)41-24-30-20-14-9-15-21-30/h7-21,25-27,31-38H,22-24H2,1-6H3/t31-,32+,33+,34+,35-,36-/m1/s1. The summed E-state index contributed by atoms with van der Waals surface area (Å²) < 4.78 is 26.9. The predicted octanol–water partition coefficient (Wildman–Crippen LogP) is 7.04. The Morgan fingerprint density at radius 2 is 0.791 bits per heavy atom. The molecule has 1 aliphatic carbocycles.